The second-order valence-electron chi connectivity index (χ2n) is 6.71. The molecule has 2 atom stereocenters. The van der Waals surface area contributed by atoms with Crippen molar-refractivity contribution in [1.29, 1.82) is 0 Å². The van der Waals surface area contributed by atoms with Crippen LogP contribution in [0.3, 0.4) is 0 Å². The van der Waals surface area contributed by atoms with Crippen LogP contribution >= 0.6 is 0 Å². The average Bonchev–Trinajstić information content (AvgIpc) is 2.29. The van der Waals surface area contributed by atoms with Gasteiger partial charge in [-0.25, -0.2) is 0 Å². The Hall–Kier alpha value is -1.38. The van der Waals surface area contributed by atoms with Gasteiger partial charge in [-0.2, -0.15) is 0 Å². The van der Waals surface area contributed by atoms with Crippen LogP contribution in [0.1, 0.15) is 40.0 Å². The molecule has 1 saturated carbocycles. The smallest absolute Gasteiger partial charge is 0.121 e. The van der Waals surface area contributed by atoms with Crippen molar-refractivity contribution in [1.82, 2.24) is 0 Å². The monoisotopic (exact) mass is 262 g/mol. The van der Waals surface area contributed by atoms with Crippen molar-refractivity contribution >= 4 is 11.4 Å². The summed E-state index contributed by atoms with van der Waals surface area (Å²) in [5.41, 5.74) is 8.23. The first-order valence-electron chi connectivity index (χ1n) is 7.10. The molecule has 1 aromatic rings. The molecule has 0 amide bonds. The van der Waals surface area contributed by atoms with Gasteiger partial charge in [0.2, 0.25) is 0 Å². The summed E-state index contributed by atoms with van der Waals surface area (Å²) in [6.45, 7) is 7.04. The van der Waals surface area contributed by atoms with Crippen molar-refractivity contribution in [2.24, 2.45) is 11.3 Å². The highest BCUT2D eigenvalue weighted by Crippen LogP contribution is 2.40. The van der Waals surface area contributed by atoms with E-state index in [9.17, 15) is 0 Å². The predicted octanol–water partition coefficient (Wildman–Crippen LogP) is 3.90. The van der Waals surface area contributed by atoms with Gasteiger partial charge in [-0.1, -0.05) is 20.8 Å². The standard InChI is InChI=1S/C16H26N2O/c1-11-7-12(10-16(2,3)9-11)18-15-8-13(19-4)5-6-14(15)17/h5-6,8,11-12,18H,7,9-10,17H2,1-4H3. The Morgan fingerprint density at radius 3 is 2.68 bits per heavy atom. The number of hydrogen-bond donors (Lipinski definition) is 2. The minimum atomic E-state index is 0.406. The molecule has 19 heavy (non-hydrogen) atoms. The highest BCUT2D eigenvalue weighted by Gasteiger charge is 2.32. The molecule has 0 spiro atoms. The third kappa shape index (κ3) is 3.55. The van der Waals surface area contributed by atoms with Gasteiger partial charge in [0.15, 0.2) is 0 Å². The summed E-state index contributed by atoms with van der Waals surface area (Å²) in [5.74, 6) is 1.60. The number of nitrogens with one attached hydrogen (secondary N) is 1. The van der Waals surface area contributed by atoms with Crippen molar-refractivity contribution in [3.63, 3.8) is 0 Å². The van der Waals surface area contributed by atoms with Crippen LogP contribution in [0.25, 0.3) is 0 Å². The van der Waals surface area contributed by atoms with Gasteiger partial charge in [0.1, 0.15) is 5.75 Å². The van der Waals surface area contributed by atoms with Crippen molar-refractivity contribution < 1.29 is 4.74 Å². The molecule has 0 aromatic heterocycles. The van der Waals surface area contributed by atoms with Crippen molar-refractivity contribution in [2.75, 3.05) is 18.2 Å². The number of benzene rings is 1. The maximum Gasteiger partial charge on any atom is 0.121 e. The summed E-state index contributed by atoms with van der Waals surface area (Å²) in [6, 6.07) is 6.28. The second kappa shape index (κ2) is 5.32. The van der Waals surface area contributed by atoms with E-state index in [2.05, 4.69) is 26.1 Å². The minimum Gasteiger partial charge on any atom is -0.497 e. The van der Waals surface area contributed by atoms with Crippen LogP contribution in [-0.2, 0) is 0 Å². The van der Waals surface area contributed by atoms with Crippen LogP contribution in [0, 0.1) is 11.3 Å². The van der Waals surface area contributed by atoms with Crippen LogP contribution < -0.4 is 15.8 Å². The molecule has 1 aliphatic carbocycles. The number of hydrogen-bond acceptors (Lipinski definition) is 3. The molecule has 0 heterocycles. The predicted molar refractivity (Wildman–Crippen MR) is 81.6 cm³/mol. The first-order valence-corrected chi connectivity index (χ1v) is 7.10. The third-order valence-electron chi connectivity index (χ3n) is 4.01. The lowest BCUT2D eigenvalue weighted by Crippen LogP contribution is -2.35. The van der Waals surface area contributed by atoms with E-state index in [1.807, 2.05) is 18.2 Å². The van der Waals surface area contributed by atoms with Gasteiger partial charge in [-0.3, -0.25) is 0 Å². The van der Waals surface area contributed by atoms with E-state index < -0.39 is 0 Å². The molecule has 1 fully saturated rings. The van der Waals surface area contributed by atoms with Crippen LogP contribution in [0.5, 0.6) is 5.75 Å². The van der Waals surface area contributed by atoms with Gasteiger partial charge in [0.25, 0.3) is 0 Å². The first-order chi connectivity index (χ1) is 8.89. The highest BCUT2D eigenvalue weighted by atomic mass is 16.5. The quantitative estimate of drug-likeness (QED) is 0.812. The molecule has 106 valence electrons. The molecule has 2 unspecified atom stereocenters. The molecule has 3 nitrogen and oxygen atoms in total. The fourth-order valence-corrected chi connectivity index (χ4v) is 3.46. The van der Waals surface area contributed by atoms with E-state index in [0.29, 0.717) is 11.5 Å². The van der Waals surface area contributed by atoms with Crippen LogP contribution in [0.4, 0.5) is 11.4 Å². The zero-order valence-corrected chi connectivity index (χ0v) is 12.5. The lowest BCUT2D eigenvalue weighted by Gasteiger charge is -2.39. The van der Waals surface area contributed by atoms with Crippen molar-refractivity contribution in [3.05, 3.63) is 18.2 Å². The normalized spacial score (nSPS) is 25.9. The summed E-state index contributed by atoms with van der Waals surface area (Å²) in [5, 5.41) is 3.60. The zero-order chi connectivity index (χ0) is 14.0. The van der Waals surface area contributed by atoms with Crippen LogP contribution in [-0.4, -0.2) is 13.2 Å². The fraction of sp³-hybridized carbons (Fsp3) is 0.625. The minimum absolute atomic E-state index is 0.406. The van der Waals surface area contributed by atoms with E-state index in [1.54, 1.807) is 7.11 Å². The van der Waals surface area contributed by atoms with E-state index in [0.717, 1.165) is 23.0 Å². The van der Waals surface area contributed by atoms with Gasteiger partial charge in [0.05, 0.1) is 18.5 Å². The SMILES string of the molecule is COc1ccc(N)c(NC2CC(C)CC(C)(C)C2)c1. The molecule has 0 aliphatic heterocycles. The first kappa shape index (κ1) is 14.0. The number of rotatable bonds is 3. The van der Waals surface area contributed by atoms with Gasteiger partial charge < -0.3 is 15.8 Å². The third-order valence-corrected chi connectivity index (χ3v) is 4.01. The Morgan fingerprint density at radius 1 is 1.32 bits per heavy atom. The summed E-state index contributed by atoms with van der Waals surface area (Å²) < 4.78 is 5.27. The molecule has 1 aliphatic rings. The largest absolute Gasteiger partial charge is 0.497 e. The lowest BCUT2D eigenvalue weighted by molar-refractivity contribution is 0.178. The average molecular weight is 262 g/mol. The van der Waals surface area contributed by atoms with E-state index in [-0.39, 0.29) is 0 Å². The topological polar surface area (TPSA) is 47.3 Å². The molecule has 0 bridgehead atoms. The van der Waals surface area contributed by atoms with Gasteiger partial charge in [-0.15, -0.1) is 0 Å². The number of ether oxygens (including phenoxy) is 1. The molecular weight excluding hydrogens is 236 g/mol. The van der Waals surface area contributed by atoms with E-state index in [4.69, 9.17) is 10.5 Å². The summed E-state index contributed by atoms with van der Waals surface area (Å²) in [4.78, 5) is 0. The number of nitrogen functional groups attached to an aromatic ring is 1. The van der Waals surface area contributed by atoms with Gasteiger partial charge in [0, 0.05) is 12.1 Å². The maximum absolute atomic E-state index is 6.05. The van der Waals surface area contributed by atoms with Crippen LogP contribution in [0.15, 0.2) is 18.2 Å². The van der Waals surface area contributed by atoms with Crippen LogP contribution in [0.2, 0.25) is 0 Å². The summed E-state index contributed by atoms with van der Waals surface area (Å²) in [7, 11) is 1.68. The molecule has 1 aromatic carbocycles. The Bertz CT molecular complexity index is 442. The second-order valence-corrected chi connectivity index (χ2v) is 6.71. The van der Waals surface area contributed by atoms with E-state index >= 15 is 0 Å². The Labute approximate surface area is 116 Å². The molecule has 0 saturated heterocycles. The Kier molecular flexibility index (Phi) is 3.93. The van der Waals surface area contributed by atoms with E-state index in [1.165, 1.54) is 19.3 Å². The number of nitrogens with two attached hydrogens (primary N) is 1. The van der Waals surface area contributed by atoms with Gasteiger partial charge in [-0.05, 0) is 42.7 Å². The fourth-order valence-electron chi connectivity index (χ4n) is 3.46. The Morgan fingerprint density at radius 2 is 2.05 bits per heavy atom. The number of anilines is 2. The summed E-state index contributed by atoms with van der Waals surface area (Å²) in [6.07, 6.45) is 3.70. The van der Waals surface area contributed by atoms with Gasteiger partial charge >= 0.3 is 0 Å². The molecule has 2 rings (SSSR count). The molecule has 0 radical (unpaired) electrons. The lowest BCUT2D eigenvalue weighted by atomic mass is 9.70. The molecule has 3 N–H and O–H groups in total. The molecule has 3 heteroatoms. The highest BCUT2D eigenvalue weighted by molar-refractivity contribution is 5.68. The number of methoxy groups -OCH3 is 1. The maximum atomic E-state index is 6.05. The summed E-state index contributed by atoms with van der Waals surface area (Å²) >= 11 is 0. The van der Waals surface area contributed by atoms with Crippen molar-refractivity contribution in [2.45, 2.75) is 46.1 Å². The zero-order valence-electron chi connectivity index (χ0n) is 12.5. The Balaban J connectivity index is 2.12. The molecular formula is C16H26N2O. The van der Waals surface area contributed by atoms with Crippen molar-refractivity contribution in [3.8, 4) is 5.75 Å².